The molecule has 1 aromatic heterocycles. The maximum atomic E-state index is 12.9. The van der Waals surface area contributed by atoms with Crippen LogP contribution in [0.3, 0.4) is 0 Å². The van der Waals surface area contributed by atoms with Gasteiger partial charge in [-0.15, -0.1) is 0 Å². The maximum Gasteiger partial charge on any atom is 0.317 e. The molecule has 1 heterocycles. The summed E-state index contributed by atoms with van der Waals surface area (Å²) >= 11 is 0. The van der Waals surface area contributed by atoms with Crippen molar-refractivity contribution >= 4 is 16.9 Å². The lowest BCUT2D eigenvalue weighted by Gasteiger charge is -2.15. The lowest BCUT2D eigenvalue weighted by atomic mass is 10.1. The normalized spacial score (nSPS) is 10.8. The molecule has 1 N–H and O–H groups in total. The van der Waals surface area contributed by atoms with Gasteiger partial charge in [-0.1, -0.05) is 54.6 Å². The molecular formula is C26H25N3O4. The van der Waals surface area contributed by atoms with E-state index in [1.807, 2.05) is 60.7 Å². The summed E-state index contributed by atoms with van der Waals surface area (Å²) in [7, 11) is 1.61. The second-order valence-corrected chi connectivity index (χ2v) is 7.71. The third-order valence-electron chi connectivity index (χ3n) is 5.49. The summed E-state index contributed by atoms with van der Waals surface area (Å²) in [4.78, 5) is 38.5. The molecule has 3 aromatic carbocycles. The molecule has 0 unspecified atom stereocenters. The summed E-state index contributed by atoms with van der Waals surface area (Å²) in [6, 6.07) is 24.3. The molecule has 7 nitrogen and oxygen atoms in total. The number of para-hydroxylation sites is 2. The van der Waals surface area contributed by atoms with Crippen molar-refractivity contribution in [2.75, 3.05) is 13.7 Å². The summed E-state index contributed by atoms with van der Waals surface area (Å²) in [6.45, 7) is 0.464. The Balaban J connectivity index is 1.55. The third-order valence-corrected chi connectivity index (χ3v) is 5.49. The van der Waals surface area contributed by atoms with Crippen LogP contribution in [0.2, 0.25) is 0 Å². The van der Waals surface area contributed by atoms with Crippen molar-refractivity contribution in [1.82, 2.24) is 14.5 Å². The third kappa shape index (κ3) is 5.03. The number of carbonyl (C=O) groups excluding carboxylic acids is 1. The van der Waals surface area contributed by atoms with Gasteiger partial charge in [0.15, 0.2) is 0 Å². The van der Waals surface area contributed by atoms with E-state index in [2.05, 4.69) is 5.32 Å². The molecule has 0 bridgehead atoms. The maximum absolute atomic E-state index is 12.9. The average Bonchev–Trinajstić information content (AvgIpc) is 2.85. The van der Waals surface area contributed by atoms with Gasteiger partial charge in [-0.3, -0.25) is 23.5 Å². The van der Waals surface area contributed by atoms with Crippen molar-refractivity contribution in [3.63, 3.8) is 0 Å². The number of benzene rings is 3. The highest BCUT2D eigenvalue weighted by atomic mass is 16.5. The first kappa shape index (κ1) is 22.1. The number of hydrogen-bond donors (Lipinski definition) is 1. The van der Waals surface area contributed by atoms with E-state index in [4.69, 9.17) is 4.74 Å². The molecule has 0 radical (unpaired) electrons. The fourth-order valence-corrected chi connectivity index (χ4v) is 3.82. The highest BCUT2D eigenvalue weighted by Crippen LogP contribution is 2.13. The number of ether oxygens (including phenoxy) is 1. The van der Waals surface area contributed by atoms with Gasteiger partial charge in [-0.05, 0) is 41.8 Å². The summed E-state index contributed by atoms with van der Waals surface area (Å²) in [5.74, 6) is 0.429. The predicted octanol–water partition coefficient (Wildman–Crippen LogP) is 2.58. The number of nitrogens with zero attached hydrogens (tertiary/aromatic N) is 2. The van der Waals surface area contributed by atoms with Gasteiger partial charge in [0.25, 0.3) is 0 Å². The lowest BCUT2D eigenvalue weighted by molar-refractivity contribution is -0.121. The Morgan fingerprint density at radius 3 is 2.18 bits per heavy atom. The molecule has 0 spiro atoms. The Bertz CT molecular complexity index is 1390. The van der Waals surface area contributed by atoms with E-state index < -0.39 is 11.1 Å². The smallest absolute Gasteiger partial charge is 0.317 e. The SMILES string of the molecule is COc1cccc(CCNC(=O)Cn2c(=O)c(=O)n(Cc3ccccc3)c3ccccc32)c1. The molecule has 4 rings (SSSR count). The van der Waals surface area contributed by atoms with Crippen molar-refractivity contribution in [1.29, 1.82) is 0 Å². The number of rotatable bonds is 8. The number of fused-ring (bicyclic) bond motifs is 1. The first-order valence-corrected chi connectivity index (χ1v) is 10.7. The quantitative estimate of drug-likeness (QED) is 0.425. The van der Waals surface area contributed by atoms with Gasteiger partial charge < -0.3 is 10.1 Å². The number of amides is 1. The van der Waals surface area contributed by atoms with Crippen LogP contribution >= 0.6 is 0 Å². The van der Waals surface area contributed by atoms with Crippen molar-refractivity contribution in [2.45, 2.75) is 19.5 Å². The van der Waals surface area contributed by atoms with E-state index in [1.165, 1.54) is 9.13 Å². The Hall–Kier alpha value is -4.13. The first-order chi connectivity index (χ1) is 16.1. The minimum Gasteiger partial charge on any atom is -0.497 e. The van der Waals surface area contributed by atoms with E-state index in [0.717, 1.165) is 16.9 Å². The van der Waals surface area contributed by atoms with Gasteiger partial charge in [-0.25, -0.2) is 0 Å². The number of hydrogen-bond acceptors (Lipinski definition) is 4. The predicted molar refractivity (Wildman–Crippen MR) is 128 cm³/mol. The van der Waals surface area contributed by atoms with Crippen LogP contribution in [0.25, 0.3) is 11.0 Å². The van der Waals surface area contributed by atoms with Crippen LogP contribution in [0.4, 0.5) is 0 Å². The van der Waals surface area contributed by atoms with Crippen LogP contribution in [0.1, 0.15) is 11.1 Å². The molecule has 0 saturated carbocycles. The van der Waals surface area contributed by atoms with Gasteiger partial charge in [0.2, 0.25) is 5.91 Å². The lowest BCUT2D eigenvalue weighted by Crippen LogP contribution is -2.44. The van der Waals surface area contributed by atoms with E-state index >= 15 is 0 Å². The molecule has 1 amide bonds. The molecule has 0 saturated heterocycles. The topological polar surface area (TPSA) is 82.3 Å². The van der Waals surface area contributed by atoms with E-state index in [0.29, 0.717) is 24.0 Å². The van der Waals surface area contributed by atoms with Crippen molar-refractivity contribution in [2.24, 2.45) is 0 Å². The molecule has 33 heavy (non-hydrogen) atoms. The van der Waals surface area contributed by atoms with Crippen LogP contribution in [-0.4, -0.2) is 28.7 Å². The standard InChI is InChI=1S/C26H25N3O4/c1-33-21-11-7-10-19(16-21)14-15-27-24(30)18-29-23-13-6-5-12-22(23)28(25(31)26(29)32)17-20-8-3-2-4-9-20/h2-13,16H,14-15,17-18H2,1H3,(H,27,30). The molecule has 0 aliphatic rings. The Morgan fingerprint density at radius 1 is 0.818 bits per heavy atom. The molecule has 4 aromatic rings. The zero-order valence-electron chi connectivity index (χ0n) is 18.4. The van der Waals surface area contributed by atoms with E-state index in [9.17, 15) is 14.4 Å². The zero-order valence-corrected chi connectivity index (χ0v) is 18.4. The Kier molecular flexibility index (Phi) is 6.69. The van der Waals surface area contributed by atoms with Crippen LogP contribution in [0, 0.1) is 0 Å². The van der Waals surface area contributed by atoms with Gasteiger partial charge >= 0.3 is 11.1 Å². The highest BCUT2D eigenvalue weighted by molar-refractivity contribution is 5.80. The summed E-state index contributed by atoms with van der Waals surface area (Å²) < 4.78 is 7.93. The number of methoxy groups -OCH3 is 1. The van der Waals surface area contributed by atoms with Gasteiger partial charge in [-0.2, -0.15) is 0 Å². The summed E-state index contributed by atoms with van der Waals surface area (Å²) in [5, 5.41) is 2.83. The van der Waals surface area contributed by atoms with Crippen molar-refractivity contribution < 1.29 is 9.53 Å². The molecule has 7 heteroatoms. The molecule has 0 aliphatic heterocycles. The first-order valence-electron chi connectivity index (χ1n) is 10.7. The van der Waals surface area contributed by atoms with Crippen LogP contribution < -0.4 is 21.2 Å². The summed E-state index contributed by atoms with van der Waals surface area (Å²) in [6.07, 6.45) is 0.622. The van der Waals surface area contributed by atoms with Crippen LogP contribution in [-0.2, 0) is 24.3 Å². The average molecular weight is 444 g/mol. The van der Waals surface area contributed by atoms with Gasteiger partial charge in [0.05, 0.1) is 24.7 Å². The summed E-state index contributed by atoms with van der Waals surface area (Å²) in [5.41, 5.74) is 1.73. The van der Waals surface area contributed by atoms with Crippen molar-refractivity contribution in [3.8, 4) is 5.75 Å². The minimum atomic E-state index is -0.715. The fourth-order valence-electron chi connectivity index (χ4n) is 3.82. The second-order valence-electron chi connectivity index (χ2n) is 7.71. The number of nitrogens with one attached hydrogen (secondary N) is 1. The van der Waals surface area contributed by atoms with Crippen LogP contribution in [0.15, 0.2) is 88.5 Å². The number of aromatic nitrogens is 2. The molecule has 0 fully saturated rings. The second kappa shape index (κ2) is 9.99. The molecule has 0 aliphatic carbocycles. The highest BCUT2D eigenvalue weighted by Gasteiger charge is 2.15. The minimum absolute atomic E-state index is 0.223. The van der Waals surface area contributed by atoms with Crippen molar-refractivity contribution in [3.05, 3.63) is 111 Å². The van der Waals surface area contributed by atoms with E-state index in [-0.39, 0.29) is 19.0 Å². The Labute approximate surface area is 190 Å². The van der Waals surface area contributed by atoms with Crippen LogP contribution in [0.5, 0.6) is 5.75 Å². The molecule has 0 atom stereocenters. The Morgan fingerprint density at radius 2 is 1.45 bits per heavy atom. The van der Waals surface area contributed by atoms with Gasteiger partial charge in [0.1, 0.15) is 12.3 Å². The monoisotopic (exact) mass is 443 g/mol. The number of carbonyl (C=O) groups is 1. The zero-order chi connectivity index (χ0) is 23.2. The fraction of sp³-hybridized carbons (Fsp3) is 0.192. The largest absolute Gasteiger partial charge is 0.497 e. The molecule has 168 valence electrons. The van der Waals surface area contributed by atoms with E-state index in [1.54, 1.807) is 25.3 Å². The molecular weight excluding hydrogens is 418 g/mol. The van der Waals surface area contributed by atoms with Gasteiger partial charge in [0, 0.05) is 6.54 Å².